The van der Waals surface area contributed by atoms with Crippen LogP contribution in [0.25, 0.3) is 0 Å². The van der Waals surface area contributed by atoms with Crippen LogP contribution in [0.2, 0.25) is 0 Å². The molecule has 0 unspecified atom stereocenters. The Morgan fingerprint density at radius 3 is 1.27 bits per heavy atom. The lowest BCUT2D eigenvalue weighted by Gasteiger charge is -2.34. The van der Waals surface area contributed by atoms with Gasteiger partial charge in [-0.1, -0.05) is 50.1 Å². The summed E-state index contributed by atoms with van der Waals surface area (Å²) in [5.74, 6) is 0.389. The lowest BCUT2D eigenvalue weighted by molar-refractivity contribution is 0.000324. The van der Waals surface area contributed by atoms with Gasteiger partial charge in [-0.2, -0.15) is 8.61 Å². The smallest absolute Gasteiger partial charge is 0.366 e. The van der Waals surface area contributed by atoms with E-state index in [9.17, 15) is 26.0 Å². The van der Waals surface area contributed by atoms with Gasteiger partial charge in [0, 0.05) is 48.4 Å². The molecule has 5 rings (SSSR count). The van der Waals surface area contributed by atoms with E-state index in [-0.39, 0.29) is 93.3 Å². The van der Waals surface area contributed by atoms with E-state index in [1.807, 2.05) is 27.7 Å². The van der Waals surface area contributed by atoms with E-state index in [0.29, 0.717) is 0 Å². The maximum absolute atomic E-state index is 14.0. The highest BCUT2D eigenvalue weighted by Crippen LogP contribution is 2.38. The summed E-state index contributed by atoms with van der Waals surface area (Å²) in [5.41, 5.74) is 0.357. The second kappa shape index (κ2) is 15.6. The second-order valence-corrected chi connectivity index (χ2v) is 19.9. The van der Waals surface area contributed by atoms with Crippen LogP contribution in [0.3, 0.4) is 0 Å². The molecule has 18 nitrogen and oxygen atoms in total. The molecule has 22 heteroatoms. The van der Waals surface area contributed by atoms with Gasteiger partial charge in [-0.3, -0.25) is 0 Å². The number of benzene rings is 2. The van der Waals surface area contributed by atoms with Crippen molar-refractivity contribution < 1.29 is 64.3 Å². The van der Waals surface area contributed by atoms with Crippen molar-refractivity contribution >= 4 is 47.1 Å². The van der Waals surface area contributed by atoms with Crippen LogP contribution >= 0.6 is 15.6 Å². The summed E-state index contributed by atoms with van der Waals surface area (Å²) in [6.45, 7) is 6.97. The summed E-state index contributed by atoms with van der Waals surface area (Å²) in [6, 6.07) is 8.10. The predicted octanol–water partition coefficient (Wildman–Crippen LogP) is 3.00. The molecule has 0 saturated carbocycles. The Labute approximate surface area is 302 Å². The van der Waals surface area contributed by atoms with Crippen molar-refractivity contribution in [2.24, 2.45) is 34.0 Å². The number of piperidine rings is 2. The number of hydrogen-bond acceptors (Lipinski definition) is 12. The number of sulfonamides is 2. The normalized spacial score (nSPS) is 23.5. The number of nitrogens with zero attached hydrogens (tertiary/aromatic N) is 4. The van der Waals surface area contributed by atoms with Crippen molar-refractivity contribution in [3.8, 4) is 0 Å². The van der Waals surface area contributed by atoms with Crippen LogP contribution in [0, 0.1) is 23.7 Å². The molecule has 2 aromatic rings. The van der Waals surface area contributed by atoms with Crippen molar-refractivity contribution in [1.29, 1.82) is 0 Å². The Hall–Kier alpha value is -2.58. The zero-order valence-electron chi connectivity index (χ0n) is 28.8. The molecule has 4 atom stereocenters. The molecule has 2 fully saturated rings. The van der Waals surface area contributed by atoms with Gasteiger partial charge in [0.15, 0.2) is 0 Å². The standard InChI is InChI=1S/C30H42N4O14P2S2/c1-19-9-20(2)14-33(13-19)51(41,42)23-5-7-25-27(11-23)30(32-46-18-48-50(38,39)40)28-12-24(52(43,44)34-15-21(3)10-22(4)16-34)6-8-26(28)29(25)31-45-17-47-49(35,36)37/h5-8,11-12,19-22H,9-10,13-18H2,1-4H3,(H2,35,36,37)(H2,38,39,40)/t19-,20+,21-,22+. The van der Waals surface area contributed by atoms with Crippen LogP contribution in [0.4, 0.5) is 0 Å². The monoisotopic (exact) mass is 808 g/mol. The van der Waals surface area contributed by atoms with E-state index in [1.54, 1.807) is 0 Å². The molecule has 0 amide bonds. The molecule has 3 aliphatic rings. The van der Waals surface area contributed by atoms with Gasteiger partial charge in [-0.05, 0) is 60.8 Å². The quantitative estimate of drug-likeness (QED) is 0.0889. The first-order chi connectivity index (χ1) is 24.2. The first-order valence-corrected chi connectivity index (χ1v) is 22.2. The highest BCUT2D eigenvalue weighted by molar-refractivity contribution is 7.89. The fourth-order valence-electron chi connectivity index (χ4n) is 6.93. The summed E-state index contributed by atoms with van der Waals surface area (Å²) in [5, 5.41) is 8.10. The predicted molar refractivity (Wildman–Crippen MR) is 186 cm³/mol. The van der Waals surface area contributed by atoms with Gasteiger partial charge in [0.1, 0.15) is 11.4 Å². The Balaban J connectivity index is 1.68. The Bertz CT molecular complexity index is 1920. The van der Waals surface area contributed by atoms with E-state index in [2.05, 4.69) is 19.4 Å². The highest BCUT2D eigenvalue weighted by atomic mass is 32.2. The van der Waals surface area contributed by atoms with Crippen LogP contribution in [0.5, 0.6) is 0 Å². The fourth-order valence-corrected chi connectivity index (χ4v) is 10.7. The minimum atomic E-state index is -4.98. The molecule has 288 valence electrons. The minimum Gasteiger partial charge on any atom is -0.366 e. The Morgan fingerprint density at radius 2 is 0.942 bits per heavy atom. The first kappa shape index (κ1) is 40.6. The second-order valence-electron chi connectivity index (χ2n) is 13.6. The van der Waals surface area contributed by atoms with E-state index < -0.39 is 49.3 Å². The molecule has 2 aromatic carbocycles. The zero-order chi connectivity index (χ0) is 38.2. The molecule has 2 saturated heterocycles. The summed E-state index contributed by atoms with van der Waals surface area (Å²) < 4.78 is 90.1. The van der Waals surface area contributed by atoms with Crippen LogP contribution in [0.15, 0.2) is 56.5 Å². The van der Waals surface area contributed by atoms with Crippen molar-refractivity contribution in [3.05, 3.63) is 58.7 Å². The topological polar surface area (TPSA) is 251 Å². The van der Waals surface area contributed by atoms with Crippen LogP contribution in [-0.2, 0) is 47.9 Å². The van der Waals surface area contributed by atoms with Crippen molar-refractivity contribution in [2.75, 3.05) is 39.8 Å². The third-order valence-corrected chi connectivity index (χ3v) is 13.3. The number of hydrogen-bond donors (Lipinski definition) is 4. The fraction of sp³-hybridized carbons (Fsp3) is 0.533. The van der Waals surface area contributed by atoms with Crippen LogP contribution in [-0.4, -0.2) is 96.2 Å². The lowest BCUT2D eigenvalue weighted by Crippen LogP contribution is -2.42. The van der Waals surface area contributed by atoms with Crippen LogP contribution < -0.4 is 0 Å². The van der Waals surface area contributed by atoms with Crippen molar-refractivity contribution in [1.82, 2.24) is 8.61 Å². The summed E-state index contributed by atoms with van der Waals surface area (Å²) in [6.07, 6.45) is 1.70. The molecule has 2 aliphatic heterocycles. The summed E-state index contributed by atoms with van der Waals surface area (Å²) in [4.78, 5) is 46.5. The van der Waals surface area contributed by atoms with Gasteiger partial charge >= 0.3 is 15.6 Å². The number of fused-ring (bicyclic) bond motifs is 2. The molecule has 0 bridgehead atoms. The van der Waals surface area contributed by atoms with Gasteiger partial charge in [0.2, 0.25) is 33.6 Å². The number of oxime groups is 2. The number of rotatable bonds is 12. The van der Waals surface area contributed by atoms with Crippen LogP contribution in [0.1, 0.15) is 62.8 Å². The van der Waals surface area contributed by atoms with Crippen molar-refractivity contribution in [3.63, 3.8) is 0 Å². The SMILES string of the molecule is C[C@@H]1C[C@H](C)CN(S(=O)(=O)c2ccc3c(c2)C(=NOCOP(=O)(O)O)c2cc(S(=O)(=O)N4C[C@H](C)C[C@H](C)C4)ccc2C3=NOCOP(=O)(O)O)C1. The summed E-state index contributed by atoms with van der Waals surface area (Å²) in [7, 11) is -18.1. The van der Waals surface area contributed by atoms with E-state index in [1.165, 1.54) is 45.0 Å². The Morgan fingerprint density at radius 1 is 0.615 bits per heavy atom. The largest absolute Gasteiger partial charge is 0.472 e. The molecule has 0 radical (unpaired) electrons. The third-order valence-electron chi connectivity index (χ3n) is 8.81. The van der Waals surface area contributed by atoms with E-state index >= 15 is 0 Å². The summed E-state index contributed by atoms with van der Waals surface area (Å²) >= 11 is 0. The third kappa shape index (κ3) is 9.55. The molecule has 2 heterocycles. The molecule has 0 aromatic heterocycles. The number of phosphoric ester groups is 2. The van der Waals surface area contributed by atoms with Crippen molar-refractivity contribution in [2.45, 2.75) is 50.3 Å². The maximum atomic E-state index is 14.0. The van der Waals surface area contributed by atoms with Gasteiger partial charge in [-0.15, -0.1) is 0 Å². The maximum Gasteiger partial charge on any atom is 0.472 e. The van der Waals surface area contributed by atoms with Gasteiger partial charge in [0.05, 0.1) is 9.79 Å². The average Bonchev–Trinajstić information content (AvgIpc) is 3.03. The molecule has 0 spiro atoms. The van der Waals surface area contributed by atoms with E-state index in [0.717, 1.165) is 12.8 Å². The van der Waals surface area contributed by atoms with Gasteiger partial charge in [0.25, 0.3) is 0 Å². The first-order valence-electron chi connectivity index (χ1n) is 16.3. The average molecular weight is 809 g/mol. The molecular formula is C30H42N4O14P2S2. The Kier molecular flexibility index (Phi) is 12.2. The molecule has 52 heavy (non-hydrogen) atoms. The van der Waals surface area contributed by atoms with E-state index in [4.69, 9.17) is 29.2 Å². The van der Waals surface area contributed by atoms with Gasteiger partial charge < -0.3 is 29.2 Å². The zero-order valence-corrected chi connectivity index (χ0v) is 32.2. The molecule has 4 N–H and O–H groups in total. The highest BCUT2D eigenvalue weighted by Gasteiger charge is 2.37. The molecule has 1 aliphatic carbocycles. The number of phosphoric acid groups is 2. The molecular weight excluding hydrogens is 766 g/mol. The van der Waals surface area contributed by atoms with Gasteiger partial charge in [-0.25, -0.2) is 35.0 Å². The minimum absolute atomic E-state index is 0.00180. The lowest BCUT2D eigenvalue weighted by atomic mass is 9.83.